The summed E-state index contributed by atoms with van der Waals surface area (Å²) < 4.78 is 0. The number of rotatable bonds is 5. The van der Waals surface area contributed by atoms with Gasteiger partial charge in [-0.1, -0.05) is 30.3 Å². The first-order valence-electron chi connectivity index (χ1n) is 11.7. The monoisotopic (exact) mass is 525 g/mol. The van der Waals surface area contributed by atoms with Gasteiger partial charge in [-0.05, 0) is 70.1 Å². The summed E-state index contributed by atoms with van der Waals surface area (Å²) in [5.41, 5.74) is 1.45. The number of hydrogen-bond donors (Lipinski definition) is 1. The van der Waals surface area contributed by atoms with E-state index in [0.717, 1.165) is 56.6 Å². The Kier molecular flexibility index (Phi) is 9.26. The highest BCUT2D eigenvalue weighted by atomic mass is 127. The number of nitrogens with zero attached hydrogens (tertiary/aromatic N) is 4. The summed E-state index contributed by atoms with van der Waals surface area (Å²) >= 11 is 0. The van der Waals surface area contributed by atoms with Gasteiger partial charge in [0.25, 0.3) is 0 Å². The second-order valence-corrected chi connectivity index (χ2v) is 9.27. The van der Waals surface area contributed by atoms with Crippen LogP contribution in [0.3, 0.4) is 0 Å². The molecule has 1 aromatic carbocycles. The van der Waals surface area contributed by atoms with E-state index in [-0.39, 0.29) is 24.0 Å². The summed E-state index contributed by atoms with van der Waals surface area (Å²) in [6.45, 7) is 11.2. The van der Waals surface area contributed by atoms with Crippen molar-refractivity contribution in [1.82, 2.24) is 20.0 Å². The van der Waals surface area contributed by atoms with E-state index in [1.165, 1.54) is 50.9 Å². The van der Waals surface area contributed by atoms with Crippen LogP contribution < -0.4 is 5.32 Å². The largest absolute Gasteiger partial charge is 0.357 e. The number of hydrogen-bond acceptors (Lipinski definition) is 3. The van der Waals surface area contributed by atoms with Crippen LogP contribution >= 0.6 is 24.0 Å². The van der Waals surface area contributed by atoms with E-state index in [1.54, 1.807) is 0 Å². The minimum absolute atomic E-state index is 0. The molecule has 30 heavy (non-hydrogen) atoms. The van der Waals surface area contributed by atoms with Crippen LogP contribution in [0.4, 0.5) is 0 Å². The fraction of sp³-hybridized carbons (Fsp3) is 0.708. The first-order valence-corrected chi connectivity index (χ1v) is 11.7. The van der Waals surface area contributed by atoms with Gasteiger partial charge in [-0.15, -0.1) is 24.0 Å². The molecule has 0 saturated carbocycles. The molecule has 3 aliphatic heterocycles. The van der Waals surface area contributed by atoms with E-state index in [0.29, 0.717) is 0 Å². The number of aliphatic imine (C=N–C) groups is 1. The Morgan fingerprint density at radius 2 is 1.90 bits per heavy atom. The Balaban J connectivity index is 0.00000256. The van der Waals surface area contributed by atoms with Gasteiger partial charge in [-0.25, -0.2) is 0 Å². The Hall–Kier alpha value is -0.860. The van der Waals surface area contributed by atoms with Crippen LogP contribution in [-0.4, -0.2) is 79.6 Å². The van der Waals surface area contributed by atoms with Gasteiger partial charge in [0.1, 0.15) is 0 Å². The van der Waals surface area contributed by atoms with Gasteiger partial charge in [-0.2, -0.15) is 0 Å². The van der Waals surface area contributed by atoms with Crippen molar-refractivity contribution in [2.45, 2.75) is 45.2 Å². The molecule has 3 saturated heterocycles. The van der Waals surface area contributed by atoms with Gasteiger partial charge >= 0.3 is 0 Å². The molecule has 3 fully saturated rings. The van der Waals surface area contributed by atoms with Gasteiger partial charge < -0.3 is 15.1 Å². The van der Waals surface area contributed by atoms with Crippen molar-refractivity contribution in [3.63, 3.8) is 0 Å². The van der Waals surface area contributed by atoms with E-state index in [4.69, 9.17) is 4.99 Å². The van der Waals surface area contributed by atoms with E-state index < -0.39 is 0 Å². The van der Waals surface area contributed by atoms with Crippen molar-refractivity contribution in [2.24, 2.45) is 16.8 Å². The van der Waals surface area contributed by atoms with E-state index in [9.17, 15) is 0 Å². The normalized spacial score (nSPS) is 28.1. The average molecular weight is 526 g/mol. The summed E-state index contributed by atoms with van der Waals surface area (Å²) in [5, 5.41) is 3.58. The molecular weight excluding hydrogens is 485 g/mol. The fourth-order valence-electron chi connectivity index (χ4n) is 5.53. The standard InChI is InChI=1S/C24H39N5.HI/c1-3-25-24(26-16-21-11-14-27(2)17-21)29-15-12-23-22(19-29)10-7-13-28(23)18-20-8-5-4-6-9-20;/h4-6,8-9,21-23H,3,7,10-19H2,1-2H3,(H,25,26);1H. The van der Waals surface area contributed by atoms with Gasteiger partial charge in [0.2, 0.25) is 0 Å². The maximum absolute atomic E-state index is 5.07. The maximum Gasteiger partial charge on any atom is 0.193 e. The Labute approximate surface area is 200 Å². The Morgan fingerprint density at radius 1 is 1.07 bits per heavy atom. The van der Waals surface area contributed by atoms with E-state index >= 15 is 0 Å². The van der Waals surface area contributed by atoms with Crippen LogP contribution in [0.1, 0.15) is 38.2 Å². The summed E-state index contributed by atoms with van der Waals surface area (Å²) in [6.07, 6.45) is 5.23. The summed E-state index contributed by atoms with van der Waals surface area (Å²) in [7, 11) is 2.23. The van der Waals surface area contributed by atoms with Gasteiger partial charge in [0.05, 0.1) is 0 Å². The second-order valence-electron chi connectivity index (χ2n) is 9.27. The predicted molar refractivity (Wildman–Crippen MR) is 137 cm³/mol. The highest BCUT2D eigenvalue weighted by molar-refractivity contribution is 14.0. The molecule has 3 unspecified atom stereocenters. The maximum atomic E-state index is 5.07. The lowest BCUT2D eigenvalue weighted by molar-refractivity contribution is 0.0372. The number of likely N-dealkylation sites (tertiary alicyclic amines) is 3. The SMILES string of the molecule is CCNC(=NCC1CCN(C)C1)N1CCC2C(CCCN2Cc2ccccc2)C1.I. The van der Waals surface area contributed by atoms with Gasteiger partial charge in [0, 0.05) is 45.3 Å². The second kappa shape index (κ2) is 11.7. The van der Waals surface area contributed by atoms with Crippen molar-refractivity contribution >= 4 is 29.9 Å². The zero-order valence-corrected chi connectivity index (χ0v) is 21.1. The molecule has 3 atom stereocenters. The van der Waals surface area contributed by atoms with Crippen LogP contribution in [0, 0.1) is 11.8 Å². The molecule has 3 heterocycles. The van der Waals surface area contributed by atoms with Crippen molar-refractivity contribution in [2.75, 3.05) is 52.9 Å². The lowest BCUT2D eigenvalue weighted by atomic mass is 9.83. The van der Waals surface area contributed by atoms with Crippen LogP contribution in [0.2, 0.25) is 0 Å². The smallest absolute Gasteiger partial charge is 0.193 e. The quantitative estimate of drug-likeness (QED) is 0.363. The molecule has 4 rings (SSSR count). The zero-order chi connectivity index (χ0) is 20.1. The molecule has 1 N–H and O–H groups in total. The van der Waals surface area contributed by atoms with Gasteiger partial charge in [-0.3, -0.25) is 9.89 Å². The van der Waals surface area contributed by atoms with E-state index in [1.807, 2.05) is 0 Å². The van der Waals surface area contributed by atoms with Crippen molar-refractivity contribution in [3.05, 3.63) is 35.9 Å². The number of nitrogens with one attached hydrogen (secondary N) is 1. The molecule has 0 spiro atoms. The third-order valence-electron chi connectivity index (χ3n) is 7.03. The number of piperidine rings is 2. The molecule has 3 aliphatic rings. The van der Waals surface area contributed by atoms with Crippen LogP contribution in [0.25, 0.3) is 0 Å². The molecule has 168 valence electrons. The van der Waals surface area contributed by atoms with Crippen LogP contribution in [0.15, 0.2) is 35.3 Å². The molecule has 0 radical (unpaired) electrons. The Bertz CT molecular complexity index is 667. The van der Waals surface area contributed by atoms with Crippen molar-refractivity contribution in [3.8, 4) is 0 Å². The summed E-state index contributed by atoms with van der Waals surface area (Å²) in [6, 6.07) is 11.7. The lowest BCUT2D eigenvalue weighted by Gasteiger charge is -2.48. The molecule has 6 heteroatoms. The first kappa shape index (κ1) is 23.8. The minimum Gasteiger partial charge on any atom is -0.357 e. The summed E-state index contributed by atoms with van der Waals surface area (Å²) in [5.74, 6) is 2.64. The minimum atomic E-state index is 0. The van der Waals surface area contributed by atoms with Crippen LogP contribution in [0.5, 0.6) is 0 Å². The molecule has 0 aliphatic carbocycles. The molecule has 0 amide bonds. The highest BCUT2D eigenvalue weighted by Gasteiger charge is 2.36. The van der Waals surface area contributed by atoms with Crippen LogP contribution in [-0.2, 0) is 6.54 Å². The zero-order valence-electron chi connectivity index (χ0n) is 18.8. The molecule has 0 bridgehead atoms. The third kappa shape index (κ3) is 6.10. The van der Waals surface area contributed by atoms with E-state index in [2.05, 4.69) is 64.3 Å². The predicted octanol–water partition coefficient (Wildman–Crippen LogP) is 3.51. The number of halogens is 1. The third-order valence-corrected chi connectivity index (χ3v) is 7.03. The average Bonchev–Trinajstić information content (AvgIpc) is 3.17. The summed E-state index contributed by atoms with van der Waals surface area (Å²) in [4.78, 5) is 12.8. The van der Waals surface area contributed by atoms with Gasteiger partial charge in [0.15, 0.2) is 5.96 Å². The molecule has 5 nitrogen and oxygen atoms in total. The molecular formula is C24H40IN5. The van der Waals surface area contributed by atoms with Crippen molar-refractivity contribution in [1.29, 1.82) is 0 Å². The van der Waals surface area contributed by atoms with Crippen molar-refractivity contribution < 1.29 is 0 Å². The highest BCUT2D eigenvalue weighted by Crippen LogP contribution is 2.31. The topological polar surface area (TPSA) is 34.1 Å². The number of guanidine groups is 1. The molecule has 1 aromatic rings. The number of benzene rings is 1. The first-order chi connectivity index (χ1) is 14.2. The lowest BCUT2D eigenvalue weighted by Crippen LogP contribution is -2.56. The Morgan fingerprint density at radius 3 is 2.63 bits per heavy atom. The fourth-order valence-corrected chi connectivity index (χ4v) is 5.53. The molecule has 0 aromatic heterocycles. The number of fused-ring (bicyclic) bond motifs is 1.